The highest BCUT2D eigenvalue weighted by Gasteiger charge is 2.13. The highest BCUT2D eigenvalue weighted by atomic mass is 16.5. The Hall–Kier alpha value is -3.75. The number of hydrogen-bond acceptors (Lipinski definition) is 7. The molecule has 0 atom stereocenters. The van der Waals surface area contributed by atoms with E-state index in [0.717, 1.165) is 48.4 Å². The van der Waals surface area contributed by atoms with E-state index in [1.165, 1.54) is 23.5 Å². The SMILES string of the molecule is Cc1ccc(C)c(-c2ccc(=O)n(CC(=O)NCCOc3cc(N4CCCCC4)ncn3)n2)c1. The van der Waals surface area contributed by atoms with Crippen molar-refractivity contribution < 1.29 is 9.53 Å². The van der Waals surface area contributed by atoms with E-state index in [0.29, 0.717) is 11.6 Å². The van der Waals surface area contributed by atoms with Gasteiger partial charge in [0.1, 0.15) is 25.3 Å². The van der Waals surface area contributed by atoms with Crippen LogP contribution < -0.4 is 20.5 Å². The monoisotopic (exact) mass is 462 g/mol. The molecule has 1 saturated heterocycles. The van der Waals surface area contributed by atoms with Crippen molar-refractivity contribution in [3.05, 3.63) is 64.2 Å². The number of hydrogen-bond donors (Lipinski definition) is 1. The molecule has 0 unspecified atom stereocenters. The van der Waals surface area contributed by atoms with Gasteiger partial charge in [-0.25, -0.2) is 14.6 Å². The van der Waals surface area contributed by atoms with Gasteiger partial charge in [-0.3, -0.25) is 9.59 Å². The van der Waals surface area contributed by atoms with Crippen molar-refractivity contribution in [1.29, 1.82) is 0 Å². The van der Waals surface area contributed by atoms with Crippen molar-refractivity contribution >= 4 is 11.7 Å². The Balaban J connectivity index is 1.30. The summed E-state index contributed by atoms with van der Waals surface area (Å²) in [5, 5.41) is 7.17. The maximum absolute atomic E-state index is 12.4. The number of ether oxygens (including phenoxy) is 1. The molecule has 1 fully saturated rings. The van der Waals surface area contributed by atoms with Crippen molar-refractivity contribution in [2.24, 2.45) is 0 Å². The van der Waals surface area contributed by atoms with Crippen LogP contribution in [0.4, 0.5) is 5.82 Å². The Bertz CT molecular complexity index is 1200. The van der Waals surface area contributed by atoms with Crippen LogP contribution in [0.3, 0.4) is 0 Å². The molecule has 9 heteroatoms. The highest BCUT2D eigenvalue weighted by molar-refractivity contribution is 5.75. The van der Waals surface area contributed by atoms with Crippen molar-refractivity contribution in [3.8, 4) is 17.1 Å². The summed E-state index contributed by atoms with van der Waals surface area (Å²) in [4.78, 5) is 35.4. The molecule has 0 spiro atoms. The van der Waals surface area contributed by atoms with Crippen LogP contribution >= 0.6 is 0 Å². The summed E-state index contributed by atoms with van der Waals surface area (Å²) < 4.78 is 6.87. The fourth-order valence-electron chi connectivity index (χ4n) is 3.96. The molecular weight excluding hydrogens is 432 g/mol. The van der Waals surface area contributed by atoms with Gasteiger partial charge in [-0.15, -0.1) is 0 Å². The summed E-state index contributed by atoms with van der Waals surface area (Å²) in [5.41, 5.74) is 3.43. The number of carbonyl (C=O) groups is 1. The number of anilines is 1. The van der Waals surface area contributed by atoms with Gasteiger partial charge in [-0.1, -0.05) is 17.7 Å². The van der Waals surface area contributed by atoms with Crippen LogP contribution in [0.2, 0.25) is 0 Å². The summed E-state index contributed by atoms with van der Waals surface area (Å²) in [6, 6.07) is 11.0. The van der Waals surface area contributed by atoms with Crippen LogP contribution in [0.15, 0.2) is 47.5 Å². The zero-order valence-electron chi connectivity index (χ0n) is 19.7. The fourth-order valence-corrected chi connectivity index (χ4v) is 3.96. The molecule has 0 aliphatic carbocycles. The third kappa shape index (κ3) is 5.98. The molecule has 4 rings (SSSR count). The number of amides is 1. The van der Waals surface area contributed by atoms with Crippen LogP contribution in [0.5, 0.6) is 5.88 Å². The highest BCUT2D eigenvalue weighted by Crippen LogP contribution is 2.22. The predicted molar refractivity (Wildman–Crippen MR) is 130 cm³/mol. The van der Waals surface area contributed by atoms with Gasteiger partial charge in [0.25, 0.3) is 5.56 Å². The third-order valence-electron chi connectivity index (χ3n) is 5.81. The molecule has 9 nitrogen and oxygen atoms in total. The molecule has 3 heterocycles. The van der Waals surface area contributed by atoms with Crippen LogP contribution in [0.1, 0.15) is 30.4 Å². The predicted octanol–water partition coefficient (Wildman–Crippen LogP) is 2.50. The smallest absolute Gasteiger partial charge is 0.267 e. The Labute approximate surface area is 198 Å². The molecular formula is C25H30N6O3. The van der Waals surface area contributed by atoms with Crippen molar-refractivity contribution in [3.63, 3.8) is 0 Å². The summed E-state index contributed by atoms with van der Waals surface area (Å²) in [5.74, 6) is 1.03. The molecule has 3 aromatic rings. The van der Waals surface area contributed by atoms with E-state index in [-0.39, 0.29) is 31.2 Å². The number of nitrogens with one attached hydrogen (secondary N) is 1. The molecule has 1 aliphatic rings. The second kappa shape index (κ2) is 10.9. The molecule has 1 N–H and O–H groups in total. The number of aromatic nitrogens is 4. The topological polar surface area (TPSA) is 102 Å². The first-order valence-corrected chi connectivity index (χ1v) is 11.6. The molecule has 0 bridgehead atoms. The van der Waals surface area contributed by atoms with E-state index in [1.54, 1.807) is 6.07 Å². The number of carbonyl (C=O) groups excluding carboxylic acids is 1. The van der Waals surface area contributed by atoms with E-state index >= 15 is 0 Å². The van der Waals surface area contributed by atoms with E-state index in [2.05, 4.69) is 25.3 Å². The average molecular weight is 463 g/mol. The number of aryl methyl sites for hydroxylation is 2. The fraction of sp³-hybridized carbons (Fsp3) is 0.400. The minimum absolute atomic E-state index is 0.163. The minimum Gasteiger partial charge on any atom is -0.476 e. The quantitative estimate of drug-likeness (QED) is 0.513. The van der Waals surface area contributed by atoms with Gasteiger partial charge < -0.3 is 15.0 Å². The Morgan fingerprint density at radius 3 is 2.71 bits per heavy atom. The summed E-state index contributed by atoms with van der Waals surface area (Å²) >= 11 is 0. The van der Waals surface area contributed by atoms with Gasteiger partial charge in [0, 0.05) is 30.8 Å². The van der Waals surface area contributed by atoms with Crippen molar-refractivity contribution in [2.45, 2.75) is 39.7 Å². The van der Waals surface area contributed by atoms with Gasteiger partial charge in [-0.2, -0.15) is 5.10 Å². The van der Waals surface area contributed by atoms with Crippen molar-refractivity contribution in [2.75, 3.05) is 31.1 Å². The van der Waals surface area contributed by atoms with Crippen molar-refractivity contribution in [1.82, 2.24) is 25.1 Å². The zero-order chi connectivity index (χ0) is 23.9. The number of benzene rings is 1. The van der Waals surface area contributed by atoms with Gasteiger partial charge in [0.05, 0.1) is 12.2 Å². The number of rotatable bonds is 8. The van der Waals surface area contributed by atoms with E-state index in [9.17, 15) is 9.59 Å². The minimum atomic E-state index is -0.327. The number of nitrogens with zero attached hydrogens (tertiary/aromatic N) is 5. The summed E-state index contributed by atoms with van der Waals surface area (Å²) in [6.07, 6.45) is 5.08. The van der Waals surface area contributed by atoms with Crippen LogP contribution in [0, 0.1) is 13.8 Å². The van der Waals surface area contributed by atoms with Gasteiger partial charge >= 0.3 is 0 Å². The normalized spacial score (nSPS) is 13.5. The van der Waals surface area contributed by atoms with E-state index in [1.807, 2.05) is 38.1 Å². The molecule has 1 aromatic carbocycles. The lowest BCUT2D eigenvalue weighted by Gasteiger charge is -2.27. The Kier molecular flexibility index (Phi) is 7.51. The summed E-state index contributed by atoms with van der Waals surface area (Å²) in [6.45, 7) is 6.36. The zero-order valence-corrected chi connectivity index (χ0v) is 19.7. The molecule has 1 amide bonds. The second-order valence-electron chi connectivity index (χ2n) is 8.49. The van der Waals surface area contributed by atoms with Gasteiger partial charge in [0.2, 0.25) is 11.8 Å². The molecule has 34 heavy (non-hydrogen) atoms. The lowest BCUT2D eigenvalue weighted by atomic mass is 10.0. The average Bonchev–Trinajstić information content (AvgIpc) is 2.85. The molecule has 1 aliphatic heterocycles. The molecule has 0 radical (unpaired) electrons. The molecule has 0 saturated carbocycles. The largest absolute Gasteiger partial charge is 0.476 e. The van der Waals surface area contributed by atoms with E-state index < -0.39 is 0 Å². The van der Waals surface area contributed by atoms with Gasteiger partial charge in [0.15, 0.2) is 0 Å². The first-order chi connectivity index (χ1) is 16.5. The molecule has 2 aromatic heterocycles. The van der Waals surface area contributed by atoms with Crippen LogP contribution in [-0.2, 0) is 11.3 Å². The maximum Gasteiger partial charge on any atom is 0.267 e. The lowest BCUT2D eigenvalue weighted by Crippen LogP contribution is -2.35. The van der Waals surface area contributed by atoms with Crippen LogP contribution in [-0.4, -0.2) is 51.9 Å². The Morgan fingerprint density at radius 2 is 1.88 bits per heavy atom. The van der Waals surface area contributed by atoms with Gasteiger partial charge in [-0.05, 0) is 50.8 Å². The summed E-state index contributed by atoms with van der Waals surface area (Å²) in [7, 11) is 0. The third-order valence-corrected chi connectivity index (χ3v) is 5.81. The lowest BCUT2D eigenvalue weighted by molar-refractivity contribution is -0.122. The second-order valence-corrected chi connectivity index (χ2v) is 8.49. The first kappa shape index (κ1) is 23.4. The first-order valence-electron chi connectivity index (χ1n) is 11.6. The Morgan fingerprint density at radius 1 is 1.06 bits per heavy atom. The molecule has 178 valence electrons. The van der Waals surface area contributed by atoms with Crippen LogP contribution in [0.25, 0.3) is 11.3 Å². The maximum atomic E-state index is 12.4. The van der Waals surface area contributed by atoms with E-state index in [4.69, 9.17) is 4.74 Å². The standard InChI is InChI=1S/C25H30N6O3/c1-18-6-7-19(2)20(14-18)21-8-9-25(33)31(29-21)16-23(32)26-10-13-34-24-15-22(27-17-28-24)30-11-4-3-5-12-30/h6-9,14-15,17H,3-5,10-13,16H2,1-2H3,(H,26,32). The number of piperidine rings is 1.